The predicted molar refractivity (Wildman–Crippen MR) is 240 cm³/mol. The van der Waals surface area contributed by atoms with Crippen molar-refractivity contribution in [2.45, 2.75) is 0 Å². The van der Waals surface area contributed by atoms with E-state index in [4.69, 9.17) is 24.4 Å². The van der Waals surface area contributed by atoms with E-state index in [1.54, 1.807) is 0 Å². The molecule has 0 fully saturated rings. The molecule has 12 rings (SSSR count). The van der Waals surface area contributed by atoms with Crippen LogP contribution in [0.3, 0.4) is 0 Å². The Balaban J connectivity index is 1.01. The number of thiophene rings is 1. The third kappa shape index (κ3) is 5.23. The summed E-state index contributed by atoms with van der Waals surface area (Å²) in [5.74, 6) is 1.76. The van der Waals surface area contributed by atoms with Crippen molar-refractivity contribution in [3.05, 3.63) is 182 Å². The number of para-hydroxylation sites is 2. The number of hydrogen-bond acceptors (Lipinski definition) is 6. The third-order valence-corrected chi connectivity index (χ3v) is 12.3. The molecule has 0 bridgehead atoms. The van der Waals surface area contributed by atoms with E-state index in [-0.39, 0.29) is 0 Å². The number of benzene rings is 8. The van der Waals surface area contributed by atoms with Crippen molar-refractivity contribution in [2.75, 3.05) is 0 Å². The van der Waals surface area contributed by atoms with Gasteiger partial charge in [0, 0.05) is 63.8 Å². The molecule has 0 radical (unpaired) electrons. The lowest BCUT2D eigenvalue weighted by atomic mass is 9.94. The van der Waals surface area contributed by atoms with E-state index in [0.717, 1.165) is 77.3 Å². The summed E-state index contributed by atoms with van der Waals surface area (Å²) in [4.78, 5) is 20.4. The maximum Gasteiger partial charge on any atom is 0.167 e. The first kappa shape index (κ1) is 32.7. The average molecular weight is 759 g/mol. The fraction of sp³-hybridized carbons (Fsp3) is 0. The van der Waals surface area contributed by atoms with Crippen LogP contribution in [-0.4, -0.2) is 19.9 Å². The van der Waals surface area contributed by atoms with Gasteiger partial charge in [0.25, 0.3) is 0 Å². The lowest BCUT2D eigenvalue weighted by molar-refractivity contribution is 0.669. The molecule has 0 aliphatic heterocycles. The van der Waals surface area contributed by atoms with E-state index < -0.39 is 0 Å². The Hall–Kier alpha value is -7.54. The number of hydrogen-bond donors (Lipinski definition) is 0. The topological polar surface area (TPSA) is 64.7 Å². The molecule has 6 heteroatoms. The van der Waals surface area contributed by atoms with Gasteiger partial charge in [0.15, 0.2) is 17.5 Å². The normalized spacial score (nSPS) is 11.8. The van der Waals surface area contributed by atoms with Crippen LogP contribution in [0.2, 0.25) is 0 Å². The summed E-state index contributed by atoms with van der Waals surface area (Å²) in [5.41, 5.74) is 9.53. The van der Waals surface area contributed by atoms with Crippen LogP contribution >= 0.6 is 11.3 Å². The van der Waals surface area contributed by atoms with Crippen molar-refractivity contribution in [1.82, 2.24) is 19.9 Å². The van der Waals surface area contributed by atoms with E-state index in [1.165, 1.54) is 25.6 Å². The molecule has 0 spiro atoms. The summed E-state index contributed by atoms with van der Waals surface area (Å²) in [6.07, 6.45) is 0. The minimum Gasteiger partial charge on any atom is -0.455 e. The number of fused-ring (bicyclic) bond motifs is 10. The Labute approximate surface area is 336 Å². The molecule has 0 atom stereocenters. The Morgan fingerprint density at radius 2 is 1.00 bits per heavy atom. The Morgan fingerprint density at radius 1 is 0.362 bits per heavy atom. The molecule has 270 valence electrons. The lowest BCUT2D eigenvalue weighted by Crippen LogP contribution is -2.00. The Bertz CT molecular complexity index is 3560. The highest BCUT2D eigenvalue weighted by Crippen LogP contribution is 2.44. The first-order valence-electron chi connectivity index (χ1n) is 19.3. The fourth-order valence-electron chi connectivity index (χ4n) is 8.38. The van der Waals surface area contributed by atoms with Crippen molar-refractivity contribution in [3.63, 3.8) is 0 Å². The maximum absolute atomic E-state index is 6.42. The van der Waals surface area contributed by atoms with Gasteiger partial charge in [0.05, 0.1) is 16.8 Å². The Kier molecular flexibility index (Phi) is 7.33. The summed E-state index contributed by atoms with van der Waals surface area (Å²) < 4.78 is 8.98. The van der Waals surface area contributed by atoms with Gasteiger partial charge in [-0.15, -0.1) is 11.3 Å². The molecule has 0 amide bonds. The minimum atomic E-state index is 0.564. The molecule has 0 saturated carbocycles. The van der Waals surface area contributed by atoms with Crippen molar-refractivity contribution >= 4 is 75.1 Å². The van der Waals surface area contributed by atoms with Gasteiger partial charge in [-0.3, -0.25) is 0 Å². The van der Waals surface area contributed by atoms with Gasteiger partial charge in [0.2, 0.25) is 0 Å². The van der Waals surface area contributed by atoms with Crippen LogP contribution in [0.15, 0.2) is 186 Å². The molecule has 12 aromatic rings. The third-order valence-electron chi connectivity index (χ3n) is 11.1. The van der Waals surface area contributed by atoms with Crippen LogP contribution in [-0.2, 0) is 0 Å². The smallest absolute Gasteiger partial charge is 0.167 e. The van der Waals surface area contributed by atoms with E-state index >= 15 is 0 Å². The van der Waals surface area contributed by atoms with Crippen LogP contribution < -0.4 is 0 Å². The second kappa shape index (κ2) is 13.0. The summed E-state index contributed by atoms with van der Waals surface area (Å²) in [6, 6.07) is 63.3. The van der Waals surface area contributed by atoms with E-state index in [0.29, 0.717) is 17.5 Å². The molecule has 8 aromatic carbocycles. The SMILES string of the molecule is c1ccc(-c2nc(-c3ccc(-c4ccc5nc(-c6ccccc6)c6ccc7sc8ccccc8c7c6c5c4)cc3)nc(-c3cccc4c3oc3ccccc34)n2)cc1. The standard InChI is InChI=1S/C52H30N4OS/c1-3-12-32(13-4-1)48-39-27-29-45-47(38-17-8-10-21-44(38)58-45)46(39)41-30-35(26-28-42(41)53-48)31-22-24-34(25-23-31)51-54-50(33-14-5-2-6-15-33)55-52(56-51)40-19-11-18-37-36-16-7-9-20-43(36)57-49(37)40/h1-30H. The van der Waals surface area contributed by atoms with Gasteiger partial charge in [-0.05, 0) is 47.5 Å². The minimum absolute atomic E-state index is 0.564. The van der Waals surface area contributed by atoms with Crippen LogP contribution in [0.4, 0.5) is 0 Å². The van der Waals surface area contributed by atoms with Gasteiger partial charge in [-0.25, -0.2) is 19.9 Å². The molecule has 4 heterocycles. The van der Waals surface area contributed by atoms with Gasteiger partial charge < -0.3 is 4.42 Å². The monoisotopic (exact) mass is 758 g/mol. The van der Waals surface area contributed by atoms with E-state index in [9.17, 15) is 0 Å². The zero-order chi connectivity index (χ0) is 38.2. The van der Waals surface area contributed by atoms with Crippen LogP contribution in [0.1, 0.15) is 0 Å². The van der Waals surface area contributed by atoms with Crippen LogP contribution in [0, 0.1) is 0 Å². The molecule has 5 nitrogen and oxygen atoms in total. The van der Waals surface area contributed by atoms with Crippen LogP contribution in [0.5, 0.6) is 0 Å². The zero-order valence-corrected chi connectivity index (χ0v) is 31.7. The van der Waals surface area contributed by atoms with Crippen molar-refractivity contribution in [2.24, 2.45) is 0 Å². The molecular weight excluding hydrogens is 729 g/mol. The second-order valence-electron chi connectivity index (χ2n) is 14.5. The largest absolute Gasteiger partial charge is 0.455 e. The fourth-order valence-corrected chi connectivity index (χ4v) is 9.49. The second-order valence-corrected chi connectivity index (χ2v) is 15.6. The Morgan fingerprint density at radius 3 is 1.81 bits per heavy atom. The summed E-state index contributed by atoms with van der Waals surface area (Å²) in [7, 11) is 0. The first-order chi connectivity index (χ1) is 28.7. The number of furan rings is 1. The number of nitrogens with zero attached hydrogens (tertiary/aromatic N) is 4. The number of rotatable bonds is 5. The van der Waals surface area contributed by atoms with E-state index in [2.05, 4.69) is 121 Å². The molecule has 0 saturated heterocycles. The molecular formula is C52H30N4OS. The van der Waals surface area contributed by atoms with Gasteiger partial charge >= 0.3 is 0 Å². The van der Waals surface area contributed by atoms with Crippen molar-refractivity contribution < 1.29 is 4.42 Å². The highest BCUT2D eigenvalue weighted by molar-refractivity contribution is 7.26. The molecule has 4 aromatic heterocycles. The first-order valence-corrected chi connectivity index (χ1v) is 20.1. The quantitative estimate of drug-likeness (QED) is 0.164. The molecule has 0 aliphatic rings. The van der Waals surface area contributed by atoms with Gasteiger partial charge in [-0.1, -0.05) is 146 Å². The van der Waals surface area contributed by atoms with Crippen LogP contribution in [0.25, 0.3) is 120 Å². The predicted octanol–water partition coefficient (Wildman–Crippen LogP) is 14.2. The highest BCUT2D eigenvalue weighted by atomic mass is 32.1. The molecule has 0 unspecified atom stereocenters. The highest BCUT2D eigenvalue weighted by Gasteiger charge is 2.19. The zero-order valence-electron chi connectivity index (χ0n) is 30.9. The lowest BCUT2D eigenvalue weighted by Gasteiger charge is -2.13. The van der Waals surface area contributed by atoms with Crippen molar-refractivity contribution in [1.29, 1.82) is 0 Å². The average Bonchev–Trinajstić information content (AvgIpc) is 3.88. The summed E-state index contributed by atoms with van der Waals surface area (Å²) in [5, 5.41) is 8.19. The maximum atomic E-state index is 6.42. The van der Waals surface area contributed by atoms with Crippen molar-refractivity contribution in [3.8, 4) is 56.5 Å². The molecule has 0 aliphatic carbocycles. The number of pyridine rings is 1. The molecule has 58 heavy (non-hydrogen) atoms. The van der Waals surface area contributed by atoms with E-state index in [1.807, 2.05) is 72.0 Å². The van der Waals surface area contributed by atoms with Gasteiger partial charge in [0.1, 0.15) is 11.2 Å². The summed E-state index contributed by atoms with van der Waals surface area (Å²) >= 11 is 1.85. The molecule has 0 N–H and O–H groups in total. The van der Waals surface area contributed by atoms with Gasteiger partial charge in [-0.2, -0.15) is 0 Å². The summed E-state index contributed by atoms with van der Waals surface area (Å²) in [6.45, 7) is 0. The number of aromatic nitrogens is 4.